The minimum absolute atomic E-state index is 0.0839. The molecule has 1 aliphatic carbocycles. The van der Waals surface area contributed by atoms with Gasteiger partial charge in [-0.2, -0.15) is 31.4 Å². The average molecular weight is 635 g/mol. The van der Waals surface area contributed by atoms with E-state index in [-0.39, 0.29) is 42.0 Å². The van der Waals surface area contributed by atoms with E-state index < -0.39 is 63.4 Å². The molecule has 0 saturated heterocycles. The Labute approximate surface area is 245 Å². The van der Waals surface area contributed by atoms with Crippen LogP contribution in [0.15, 0.2) is 42.1 Å². The number of alkyl halides is 6. The molecule has 0 bridgehead atoms. The lowest BCUT2D eigenvalue weighted by atomic mass is 9.77. The highest BCUT2D eigenvalue weighted by molar-refractivity contribution is 7.91. The standard InChI is InChI=1S/C28H32F6N4O4S/c1-17(2)16-38-14-12-22(36-38)21-15-26(28(32,33)34,19-8-6-18(7-9-19)5-3-4-13-27(29,30)31)35-24(39)23(21)25(40)37-43(41,42)20-10-11-20/h6-9,12,14,17,20H,3-5,10-11,13,15-16H2,1-2H3,(H,35,39)(H,37,40)/t26-/m0/s1. The van der Waals surface area contributed by atoms with Gasteiger partial charge in [0, 0.05) is 31.2 Å². The maximum atomic E-state index is 14.9. The minimum atomic E-state index is -5.08. The molecule has 1 saturated carbocycles. The van der Waals surface area contributed by atoms with Crippen LogP contribution in [0.1, 0.15) is 69.2 Å². The molecule has 1 fully saturated rings. The smallest absolute Gasteiger partial charge is 0.334 e. The van der Waals surface area contributed by atoms with Crippen molar-refractivity contribution in [1.29, 1.82) is 0 Å². The zero-order chi connectivity index (χ0) is 31.8. The zero-order valence-electron chi connectivity index (χ0n) is 23.5. The van der Waals surface area contributed by atoms with Gasteiger partial charge in [-0.05, 0) is 55.2 Å². The van der Waals surface area contributed by atoms with Crippen molar-refractivity contribution < 1.29 is 44.3 Å². The highest BCUT2D eigenvalue weighted by Gasteiger charge is 2.60. The maximum Gasteiger partial charge on any atom is 0.416 e. The largest absolute Gasteiger partial charge is 0.416 e. The van der Waals surface area contributed by atoms with Crippen LogP contribution >= 0.6 is 0 Å². The van der Waals surface area contributed by atoms with Gasteiger partial charge in [-0.1, -0.05) is 38.1 Å². The molecule has 1 aromatic carbocycles. The van der Waals surface area contributed by atoms with Crippen LogP contribution in [0.4, 0.5) is 26.3 Å². The van der Waals surface area contributed by atoms with E-state index in [9.17, 15) is 44.3 Å². The Hall–Kier alpha value is -3.36. The molecule has 43 heavy (non-hydrogen) atoms. The van der Waals surface area contributed by atoms with Crippen LogP contribution in [0, 0.1) is 5.92 Å². The van der Waals surface area contributed by atoms with E-state index >= 15 is 0 Å². The van der Waals surface area contributed by atoms with Gasteiger partial charge in [-0.3, -0.25) is 14.3 Å². The summed E-state index contributed by atoms with van der Waals surface area (Å²) in [6.07, 6.45) is -8.92. The van der Waals surface area contributed by atoms with Crippen molar-refractivity contribution in [3.05, 3.63) is 58.9 Å². The number of carbonyl (C=O) groups excluding carboxylic acids is 2. The van der Waals surface area contributed by atoms with E-state index in [2.05, 4.69) is 5.10 Å². The Morgan fingerprint density at radius 3 is 2.30 bits per heavy atom. The van der Waals surface area contributed by atoms with E-state index in [0.717, 1.165) is 12.1 Å². The molecule has 15 heteroatoms. The number of hydrogen-bond acceptors (Lipinski definition) is 5. The molecule has 236 valence electrons. The number of unbranched alkanes of at least 4 members (excludes halogenated alkanes) is 1. The third kappa shape index (κ3) is 7.60. The van der Waals surface area contributed by atoms with Gasteiger partial charge in [0.05, 0.1) is 10.9 Å². The lowest BCUT2D eigenvalue weighted by molar-refractivity contribution is -0.202. The van der Waals surface area contributed by atoms with Crippen LogP contribution < -0.4 is 10.0 Å². The molecular formula is C28H32F6N4O4S. The number of rotatable bonds is 11. The fourth-order valence-corrected chi connectivity index (χ4v) is 6.29. The summed E-state index contributed by atoms with van der Waals surface area (Å²) in [5, 5.41) is 5.42. The summed E-state index contributed by atoms with van der Waals surface area (Å²) < 4.78 is 110. The first kappa shape index (κ1) is 32.6. The molecule has 8 nitrogen and oxygen atoms in total. The summed E-state index contributed by atoms with van der Waals surface area (Å²) in [4.78, 5) is 26.5. The first-order valence-electron chi connectivity index (χ1n) is 13.8. The topological polar surface area (TPSA) is 110 Å². The van der Waals surface area contributed by atoms with E-state index in [1.807, 2.05) is 23.9 Å². The summed E-state index contributed by atoms with van der Waals surface area (Å²) in [5.74, 6) is -2.65. The van der Waals surface area contributed by atoms with E-state index in [4.69, 9.17) is 0 Å². The van der Waals surface area contributed by atoms with Crippen molar-refractivity contribution in [3.63, 3.8) is 0 Å². The van der Waals surface area contributed by atoms with Crippen molar-refractivity contribution in [1.82, 2.24) is 19.8 Å². The van der Waals surface area contributed by atoms with Crippen LogP contribution in [0.5, 0.6) is 0 Å². The summed E-state index contributed by atoms with van der Waals surface area (Å²) in [7, 11) is -4.13. The average Bonchev–Trinajstić information content (AvgIpc) is 3.65. The highest BCUT2D eigenvalue weighted by atomic mass is 32.2. The van der Waals surface area contributed by atoms with Crippen molar-refractivity contribution in [3.8, 4) is 0 Å². The van der Waals surface area contributed by atoms with Gasteiger partial charge < -0.3 is 5.32 Å². The fraction of sp³-hybridized carbons (Fsp3) is 0.536. The van der Waals surface area contributed by atoms with Crippen LogP contribution in [0.2, 0.25) is 0 Å². The molecule has 0 unspecified atom stereocenters. The normalized spacial score (nSPS) is 20.0. The molecule has 1 aliphatic heterocycles. The number of halogens is 6. The van der Waals surface area contributed by atoms with Crippen molar-refractivity contribution in [2.75, 3.05) is 0 Å². The van der Waals surface area contributed by atoms with Crippen molar-refractivity contribution in [2.45, 2.75) is 88.5 Å². The van der Waals surface area contributed by atoms with E-state index in [1.54, 1.807) is 0 Å². The molecule has 2 aromatic rings. The lowest BCUT2D eigenvalue weighted by Gasteiger charge is -2.41. The number of carbonyl (C=O) groups is 2. The Kier molecular flexibility index (Phi) is 9.06. The third-order valence-electron chi connectivity index (χ3n) is 7.33. The predicted octanol–water partition coefficient (Wildman–Crippen LogP) is 5.15. The van der Waals surface area contributed by atoms with Crippen LogP contribution in [0.25, 0.3) is 5.57 Å². The monoisotopic (exact) mass is 634 g/mol. The Balaban J connectivity index is 1.72. The number of nitrogens with one attached hydrogen (secondary N) is 2. The summed E-state index contributed by atoms with van der Waals surface area (Å²) in [5.41, 5.74) is -4.09. The summed E-state index contributed by atoms with van der Waals surface area (Å²) in [6.45, 7) is 4.18. The Morgan fingerprint density at radius 1 is 1.09 bits per heavy atom. The molecule has 2 aliphatic rings. The molecule has 0 radical (unpaired) electrons. The van der Waals surface area contributed by atoms with Crippen molar-refractivity contribution >= 4 is 27.4 Å². The highest BCUT2D eigenvalue weighted by Crippen LogP contribution is 2.48. The quantitative estimate of drug-likeness (QED) is 0.202. The van der Waals surface area contributed by atoms with Gasteiger partial charge >= 0.3 is 12.4 Å². The number of nitrogens with zero attached hydrogens (tertiary/aromatic N) is 2. The van der Waals surface area contributed by atoms with Gasteiger partial charge in [0.15, 0.2) is 5.54 Å². The van der Waals surface area contributed by atoms with Gasteiger partial charge in [0.1, 0.15) is 5.57 Å². The SMILES string of the molecule is CC(C)Cn1ccc(C2=C(C(=O)NS(=O)(=O)C3CC3)C(=O)N[C@@](c3ccc(CCCCC(F)(F)F)cc3)(C(F)(F)F)C2)n1. The lowest BCUT2D eigenvalue weighted by Crippen LogP contribution is -2.60. The minimum Gasteiger partial charge on any atom is -0.334 e. The molecule has 0 spiro atoms. The number of aromatic nitrogens is 2. The second-order valence-corrected chi connectivity index (χ2v) is 13.4. The third-order valence-corrected chi connectivity index (χ3v) is 9.15. The van der Waals surface area contributed by atoms with E-state index in [0.29, 0.717) is 24.9 Å². The molecule has 2 N–H and O–H groups in total. The number of amides is 2. The first-order valence-corrected chi connectivity index (χ1v) is 15.3. The molecular weight excluding hydrogens is 602 g/mol. The first-order chi connectivity index (χ1) is 19.9. The Bertz CT molecular complexity index is 1490. The molecule has 2 amide bonds. The van der Waals surface area contributed by atoms with Crippen LogP contribution in [-0.4, -0.2) is 47.6 Å². The van der Waals surface area contributed by atoms with Gasteiger partial charge in [-0.15, -0.1) is 0 Å². The van der Waals surface area contributed by atoms with Gasteiger partial charge in [0.2, 0.25) is 10.0 Å². The number of benzene rings is 1. The zero-order valence-corrected chi connectivity index (χ0v) is 24.3. The van der Waals surface area contributed by atoms with Gasteiger partial charge in [-0.25, -0.2) is 13.1 Å². The molecule has 4 rings (SSSR count). The second-order valence-electron chi connectivity index (χ2n) is 11.4. The summed E-state index contributed by atoms with van der Waals surface area (Å²) in [6, 6.07) is 6.36. The van der Waals surface area contributed by atoms with Crippen LogP contribution in [-0.2, 0) is 38.1 Å². The second kappa shape index (κ2) is 12.0. The summed E-state index contributed by atoms with van der Waals surface area (Å²) >= 11 is 0. The molecule has 1 aromatic heterocycles. The number of hydrogen-bond donors (Lipinski definition) is 2. The number of sulfonamides is 1. The van der Waals surface area contributed by atoms with Crippen LogP contribution in [0.3, 0.4) is 0 Å². The van der Waals surface area contributed by atoms with Gasteiger partial charge in [0.25, 0.3) is 11.8 Å². The van der Waals surface area contributed by atoms with Crippen molar-refractivity contribution in [2.24, 2.45) is 5.92 Å². The maximum absolute atomic E-state index is 14.9. The molecule has 2 heterocycles. The van der Waals surface area contributed by atoms with E-state index in [1.165, 1.54) is 29.1 Å². The fourth-order valence-electron chi connectivity index (χ4n) is 5.01. The Morgan fingerprint density at radius 2 is 1.74 bits per heavy atom. The molecule has 1 atom stereocenters. The number of aryl methyl sites for hydroxylation is 1. The predicted molar refractivity (Wildman–Crippen MR) is 145 cm³/mol.